The molecule has 1 atom stereocenters. The molecule has 0 aliphatic carbocycles. The highest BCUT2D eigenvalue weighted by Gasteiger charge is 2.26. The van der Waals surface area contributed by atoms with Crippen LogP contribution < -0.4 is 10.2 Å². The van der Waals surface area contributed by atoms with Gasteiger partial charge in [-0.25, -0.2) is 0 Å². The van der Waals surface area contributed by atoms with E-state index in [4.69, 9.17) is 0 Å². The fourth-order valence-electron chi connectivity index (χ4n) is 3.69. The lowest BCUT2D eigenvalue weighted by molar-refractivity contribution is -0.116. The second-order valence-electron chi connectivity index (χ2n) is 7.84. The Labute approximate surface area is 187 Å². The lowest BCUT2D eigenvalue weighted by atomic mass is 10.1. The molecule has 4 nitrogen and oxygen atoms in total. The van der Waals surface area contributed by atoms with Gasteiger partial charge in [-0.3, -0.25) is 9.59 Å². The van der Waals surface area contributed by atoms with Gasteiger partial charge in [0, 0.05) is 16.5 Å². The number of hydrogen-bond donors (Lipinski definition) is 1. The van der Waals surface area contributed by atoms with Crippen molar-refractivity contribution in [1.82, 2.24) is 5.32 Å². The van der Waals surface area contributed by atoms with Crippen molar-refractivity contribution in [2.24, 2.45) is 0 Å². The maximum Gasteiger partial charge on any atom is 0.251 e. The smallest absolute Gasteiger partial charge is 0.251 e. The molecule has 31 heavy (non-hydrogen) atoms. The van der Waals surface area contributed by atoms with Crippen molar-refractivity contribution in [2.45, 2.75) is 37.2 Å². The van der Waals surface area contributed by atoms with Crippen LogP contribution in [-0.2, 0) is 17.8 Å². The van der Waals surface area contributed by atoms with Gasteiger partial charge in [0.15, 0.2) is 0 Å². The Hall–Kier alpha value is -3.05. The summed E-state index contributed by atoms with van der Waals surface area (Å²) in [6.45, 7) is 2.53. The summed E-state index contributed by atoms with van der Waals surface area (Å²) in [4.78, 5) is 28.3. The Bertz CT molecular complexity index is 1050. The normalized spacial score (nSPS) is 14.1. The molecule has 0 fully saturated rings. The predicted molar refractivity (Wildman–Crippen MR) is 126 cm³/mol. The zero-order valence-electron chi connectivity index (χ0n) is 17.6. The van der Waals surface area contributed by atoms with E-state index in [1.165, 1.54) is 17.3 Å². The van der Waals surface area contributed by atoms with Gasteiger partial charge in [-0.05, 0) is 49.1 Å². The van der Waals surface area contributed by atoms with Crippen LogP contribution in [0.25, 0.3) is 0 Å². The van der Waals surface area contributed by atoms with E-state index in [2.05, 4.69) is 17.4 Å². The molecule has 0 saturated heterocycles. The first-order valence-corrected chi connectivity index (χ1v) is 11.5. The van der Waals surface area contributed by atoms with Crippen LogP contribution in [0.15, 0.2) is 83.8 Å². The van der Waals surface area contributed by atoms with Crippen LogP contribution in [-0.4, -0.2) is 23.6 Å². The molecule has 0 saturated carbocycles. The molecule has 158 valence electrons. The highest BCUT2D eigenvalue weighted by Crippen LogP contribution is 2.36. The van der Waals surface area contributed by atoms with Gasteiger partial charge in [0.1, 0.15) is 0 Å². The van der Waals surface area contributed by atoms with Crippen molar-refractivity contribution in [3.05, 3.63) is 95.6 Å². The highest BCUT2D eigenvalue weighted by atomic mass is 32.2. The molecule has 5 heteroatoms. The van der Waals surface area contributed by atoms with Gasteiger partial charge in [-0.1, -0.05) is 60.7 Å². The minimum atomic E-state index is -0.106. The summed E-state index contributed by atoms with van der Waals surface area (Å²) >= 11 is 1.53. The largest absolute Gasteiger partial charge is 0.350 e. The number of benzene rings is 3. The van der Waals surface area contributed by atoms with Gasteiger partial charge in [-0.15, -0.1) is 11.8 Å². The highest BCUT2D eigenvalue weighted by molar-refractivity contribution is 8.00. The molecule has 3 aromatic rings. The Kier molecular flexibility index (Phi) is 6.73. The van der Waals surface area contributed by atoms with E-state index in [0.717, 1.165) is 29.0 Å². The van der Waals surface area contributed by atoms with Crippen LogP contribution in [0.2, 0.25) is 0 Å². The number of anilines is 1. The van der Waals surface area contributed by atoms with Crippen LogP contribution in [0, 0.1) is 0 Å². The third-order valence-electron chi connectivity index (χ3n) is 5.43. The number of nitrogens with one attached hydrogen (secondary N) is 1. The molecule has 3 aromatic carbocycles. The molecule has 1 heterocycles. The molecule has 0 radical (unpaired) electrons. The van der Waals surface area contributed by atoms with Crippen molar-refractivity contribution >= 4 is 29.3 Å². The van der Waals surface area contributed by atoms with Gasteiger partial charge in [0.2, 0.25) is 5.91 Å². The van der Waals surface area contributed by atoms with Crippen molar-refractivity contribution in [1.29, 1.82) is 0 Å². The number of thioether (sulfide) groups is 1. The predicted octanol–water partition coefficient (Wildman–Crippen LogP) is 5.08. The summed E-state index contributed by atoms with van der Waals surface area (Å²) < 4.78 is 0. The second-order valence-corrected chi connectivity index (χ2v) is 8.85. The number of nitrogens with zero attached hydrogens (tertiary/aromatic N) is 1. The minimum absolute atomic E-state index is 0.0557. The van der Waals surface area contributed by atoms with Gasteiger partial charge < -0.3 is 10.2 Å². The van der Waals surface area contributed by atoms with E-state index in [-0.39, 0.29) is 17.9 Å². The molecule has 0 unspecified atom stereocenters. The summed E-state index contributed by atoms with van der Waals surface area (Å²) in [5.74, 6) is 0.378. The maximum atomic E-state index is 12.9. The summed E-state index contributed by atoms with van der Waals surface area (Å²) in [5.41, 5.74) is 3.73. The zero-order valence-corrected chi connectivity index (χ0v) is 18.4. The molecule has 1 aliphatic rings. The van der Waals surface area contributed by atoms with Crippen molar-refractivity contribution in [3.63, 3.8) is 0 Å². The second kappa shape index (κ2) is 9.84. The number of hydrogen-bond acceptors (Lipinski definition) is 3. The van der Waals surface area contributed by atoms with E-state index in [1.807, 2.05) is 73.7 Å². The van der Waals surface area contributed by atoms with Crippen molar-refractivity contribution in [3.8, 4) is 0 Å². The average molecular weight is 431 g/mol. The van der Waals surface area contributed by atoms with Gasteiger partial charge in [-0.2, -0.15) is 0 Å². The van der Waals surface area contributed by atoms with E-state index in [9.17, 15) is 9.59 Å². The molecule has 0 spiro atoms. The molecular weight excluding hydrogens is 404 g/mol. The summed E-state index contributed by atoms with van der Waals surface area (Å²) in [7, 11) is 0. The van der Waals surface area contributed by atoms with E-state index >= 15 is 0 Å². The van der Waals surface area contributed by atoms with Crippen molar-refractivity contribution < 1.29 is 9.59 Å². The van der Waals surface area contributed by atoms with Crippen LogP contribution in [0.5, 0.6) is 0 Å². The first-order chi connectivity index (χ1) is 15.1. The summed E-state index contributed by atoms with van der Waals surface area (Å²) in [6.07, 6.45) is 1.79. The monoisotopic (exact) mass is 430 g/mol. The molecule has 4 rings (SSSR count). The van der Waals surface area contributed by atoms with Crippen LogP contribution in [0.4, 0.5) is 5.69 Å². The average Bonchev–Trinajstić information content (AvgIpc) is 2.80. The Morgan fingerprint density at radius 3 is 2.39 bits per heavy atom. The molecule has 1 N–H and O–H groups in total. The molecule has 0 bridgehead atoms. The first kappa shape index (κ1) is 21.2. The Balaban J connectivity index is 1.46. The minimum Gasteiger partial charge on any atom is -0.350 e. The molecule has 0 aromatic heterocycles. The third kappa shape index (κ3) is 5.36. The standard InChI is InChI=1S/C26H26N2O2S/c1-19(12-13-20-8-4-2-5-9-20)27-26(30)22-14-15-24-23(16-22)28(25(29)18-31-24)17-21-10-6-3-7-11-21/h2-11,14-16,19H,12-13,17-18H2,1H3,(H,27,30)/t19-/m0/s1. The lowest BCUT2D eigenvalue weighted by Crippen LogP contribution is -2.36. The number of carbonyl (C=O) groups excluding carboxylic acids is 2. The van der Waals surface area contributed by atoms with Crippen LogP contribution >= 0.6 is 11.8 Å². The lowest BCUT2D eigenvalue weighted by Gasteiger charge is -2.29. The molecule has 1 aliphatic heterocycles. The maximum absolute atomic E-state index is 12.9. The number of amides is 2. The SMILES string of the molecule is C[C@@H](CCc1ccccc1)NC(=O)c1ccc2c(c1)N(Cc1ccccc1)C(=O)CS2. The third-order valence-corrected chi connectivity index (χ3v) is 6.48. The quantitative estimate of drug-likeness (QED) is 0.569. The fourth-order valence-corrected chi connectivity index (χ4v) is 4.61. The topological polar surface area (TPSA) is 49.4 Å². The zero-order chi connectivity index (χ0) is 21.6. The van der Waals surface area contributed by atoms with Gasteiger partial charge in [0.25, 0.3) is 5.91 Å². The van der Waals surface area contributed by atoms with E-state index in [0.29, 0.717) is 17.9 Å². The number of fused-ring (bicyclic) bond motifs is 1. The fraction of sp³-hybridized carbons (Fsp3) is 0.231. The summed E-state index contributed by atoms with van der Waals surface area (Å²) in [6, 6.07) is 25.9. The van der Waals surface area contributed by atoms with Gasteiger partial charge >= 0.3 is 0 Å². The van der Waals surface area contributed by atoms with Gasteiger partial charge in [0.05, 0.1) is 18.0 Å². The van der Waals surface area contributed by atoms with Crippen molar-refractivity contribution in [2.75, 3.05) is 10.7 Å². The first-order valence-electron chi connectivity index (χ1n) is 10.6. The van der Waals surface area contributed by atoms with Crippen LogP contribution in [0.1, 0.15) is 34.8 Å². The molecule has 2 amide bonds. The van der Waals surface area contributed by atoms with E-state index in [1.54, 1.807) is 4.90 Å². The summed E-state index contributed by atoms with van der Waals surface area (Å²) in [5, 5.41) is 3.10. The Morgan fingerprint density at radius 1 is 1.00 bits per heavy atom. The number of rotatable bonds is 7. The number of aryl methyl sites for hydroxylation is 1. The van der Waals surface area contributed by atoms with E-state index < -0.39 is 0 Å². The van der Waals surface area contributed by atoms with Crippen LogP contribution in [0.3, 0.4) is 0 Å². The Morgan fingerprint density at radius 2 is 1.68 bits per heavy atom. The molecular formula is C26H26N2O2S. The number of carbonyl (C=O) groups is 2.